The Kier molecular flexibility index (Phi) is 5.50. The number of nitrogens with zero attached hydrogens (tertiary/aromatic N) is 5. The zero-order valence-corrected chi connectivity index (χ0v) is 14.5. The highest BCUT2D eigenvalue weighted by molar-refractivity contribution is 7.87. The lowest BCUT2D eigenvalue weighted by molar-refractivity contribution is 0.383. The lowest BCUT2D eigenvalue weighted by atomic mass is 10.2. The average molecular weight is 342 g/mol. The fourth-order valence-electron chi connectivity index (χ4n) is 2.03. The van der Waals surface area contributed by atoms with Crippen LogP contribution < -0.4 is 4.72 Å². The SMILES string of the molecule is CCCCN(C)S(=O)(=O)NC(c1cnn(C)c1)c1noc(C)n1. The second-order valence-electron chi connectivity index (χ2n) is 5.35. The first-order valence-corrected chi connectivity index (χ1v) is 8.80. The number of aryl methyl sites for hydroxylation is 2. The summed E-state index contributed by atoms with van der Waals surface area (Å²) in [6.07, 6.45) is 4.99. The van der Waals surface area contributed by atoms with Crippen molar-refractivity contribution in [2.45, 2.75) is 32.7 Å². The van der Waals surface area contributed by atoms with Crippen LogP contribution in [0.1, 0.15) is 43.1 Å². The third kappa shape index (κ3) is 4.36. The van der Waals surface area contributed by atoms with E-state index < -0.39 is 16.3 Å². The first kappa shape index (κ1) is 17.6. The Bertz CT molecular complexity index is 698. The normalized spacial score (nSPS) is 13.6. The molecule has 2 rings (SSSR count). The third-order valence-electron chi connectivity index (χ3n) is 3.36. The van der Waals surface area contributed by atoms with Crippen molar-refractivity contribution in [3.63, 3.8) is 0 Å². The lowest BCUT2D eigenvalue weighted by Crippen LogP contribution is -2.41. The molecule has 1 atom stereocenters. The average Bonchev–Trinajstić information content (AvgIpc) is 3.11. The summed E-state index contributed by atoms with van der Waals surface area (Å²) < 4.78 is 35.5. The molecular weight excluding hydrogens is 320 g/mol. The maximum absolute atomic E-state index is 12.5. The second kappa shape index (κ2) is 7.20. The predicted octanol–water partition coefficient (Wildman–Crippen LogP) is 0.767. The Balaban J connectivity index is 2.28. The highest BCUT2D eigenvalue weighted by Crippen LogP contribution is 2.20. The van der Waals surface area contributed by atoms with Crippen molar-refractivity contribution in [2.24, 2.45) is 7.05 Å². The van der Waals surface area contributed by atoms with Crippen LogP contribution in [0.4, 0.5) is 0 Å². The van der Waals surface area contributed by atoms with Crippen molar-refractivity contribution in [1.29, 1.82) is 0 Å². The second-order valence-corrected chi connectivity index (χ2v) is 7.16. The molecule has 0 amide bonds. The van der Waals surface area contributed by atoms with Crippen LogP contribution >= 0.6 is 0 Å². The molecule has 1 unspecified atom stereocenters. The van der Waals surface area contributed by atoms with Crippen LogP contribution in [0, 0.1) is 6.92 Å². The van der Waals surface area contributed by atoms with Crippen LogP contribution in [0.25, 0.3) is 0 Å². The minimum Gasteiger partial charge on any atom is -0.340 e. The van der Waals surface area contributed by atoms with Gasteiger partial charge in [-0.05, 0) is 6.42 Å². The van der Waals surface area contributed by atoms with Gasteiger partial charge in [-0.3, -0.25) is 4.68 Å². The van der Waals surface area contributed by atoms with Crippen molar-refractivity contribution in [2.75, 3.05) is 13.6 Å². The van der Waals surface area contributed by atoms with E-state index in [0.29, 0.717) is 18.0 Å². The molecule has 0 aromatic carbocycles. The maximum Gasteiger partial charge on any atom is 0.280 e. The molecule has 0 radical (unpaired) electrons. The number of nitrogens with one attached hydrogen (secondary N) is 1. The Labute approximate surface area is 135 Å². The zero-order valence-electron chi connectivity index (χ0n) is 13.7. The molecule has 0 aliphatic heterocycles. The van der Waals surface area contributed by atoms with Crippen LogP contribution in [0.5, 0.6) is 0 Å². The molecule has 0 saturated heterocycles. The molecule has 0 saturated carbocycles. The molecule has 2 aromatic rings. The third-order valence-corrected chi connectivity index (χ3v) is 4.90. The Morgan fingerprint density at radius 3 is 2.74 bits per heavy atom. The van der Waals surface area contributed by atoms with Gasteiger partial charge in [-0.1, -0.05) is 18.5 Å². The summed E-state index contributed by atoms with van der Waals surface area (Å²) in [5.41, 5.74) is 0.640. The van der Waals surface area contributed by atoms with Gasteiger partial charge < -0.3 is 4.52 Å². The molecule has 0 aliphatic carbocycles. The Hall–Kier alpha value is -1.78. The number of hydrogen-bond donors (Lipinski definition) is 1. The molecule has 1 N–H and O–H groups in total. The van der Waals surface area contributed by atoms with E-state index in [-0.39, 0.29) is 5.82 Å². The van der Waals surface area contributed by atoms with Crippen molar-refractivity contribution in [3.8, 4) is 0 Å². The van der Waals surface area contributed by atoms with Gasteiger partial charge in [-0.2, -0.15) is 27.5 Å². The molecule has 23 heavy (non-hydrogen) atoms. The summed E-state index contributed by atoms with van der Waals surface area (Å²) in [4.78, 5) is 4.14. The summed E-state index contributed by atoms with van der Waals surface area (Å²) in [5, 5.41) is 7.92. The monoisotopic (exact) mass is 342 g/mol. The van der Waals surface area contributed by atoms with Crippen LogP contribution in [0.15, 0.2) is 16.9 Å². The van der Waals surface area contributed by atoms with E-state index in [1.165, 1.54) is 4.31 Å². The molecule has 10 heteroatoms. The quantitative estimate of drug-likeness (QED) is 0.759. The van der Waals surface area contributed by atoms with Gasteiger partial charge in [0, 0.05) is 39.3 Å². The number of rotatable bonds is 8. The summed E-state index contributed by atoms with van der Waals surface area (Å²) >= 11 is 0. The van der Waals surface area contributed by atoms with Gasteiger partial charge in [0.25, 0.3) is 10.2 Å². The first-order valence-electron chi connectivity index (χ1n) is 7.36. The molecular formula is C13H22N6O3S. The lowest BCUT2D eigenvalue weighted by Gasteiger charge is -2.21. The molecule has 2 heterocycles. The van der Waals surface area contributed by atoms with Crippen LogP contribution in [0.2, 0.25) is 0 Å². The fourth-order valence-corrected chi connectivity index (χ4v) is 3.12. The van der Waals surface area contributed by atoms with E-state index in [4.69, 9.17) is 4.52 Å². The summed E-state index contributed by atoms with van der Waals surface area (Å²) in [6, 6.07) is -0.754. The minimum absolute atomic E-state index is 0.253. The standard InChI is InChI=1S/C13H22N6O3S/c1-5-6-7-19(4)23(20,21)17-12(11-8-14-18(3)9-11)13-15-10(2)22-16-13/h8-9,12,17H,5-7H2,1-4H3. The van der Waals surface area contributed by atoms with Gasteiger partial charge in [-0.25, -0.2) is 0 Å². The Morgan fingerprint density at radius 2 is 2.22 bits per heavy atom. The predicted molar refractivity (Wildman–Crippen MR) is 83.7 cm³/mol. The molecule has 0 spiro atoms. The van der Waals surface area contributed by atoms with Gasteiger partial charge in [0.1, 0.15) is 6.04 Å². The largest absolute Gasteiger partial charge is 0.340 e. The zero-order chi connectivity index (χ0) is 17.0. The number of unbranched alkanes of at least 4 members (excludes halogenated alkanes) is 1. The van der Waals surface area contributed by atoms with Gasteiger partial charge in [0.15, 0.2) is 5.82 Å². The van der Waals surface area contributed by atoms with E-state index in [2.05, 4.69) is 20.0 Å². The van der Waals surface area contributed by atoms with Crippen molar-refractivity contribution in [3.05, 3.63) is 29.7 Å². The van der Waals surface area contributed by atoms with Crippen LogP contribution in [-0.2, 0) is 17.3 Å². The summed E-state index contributed by atoms with van der Waals surface area (Å²) in [6.45, 7) is 4.10. The van der Waals surface area contributed by atoms with Crippen molar-refractivity contribution in [1.82, 2.24) is 28.9 Å². The van der Waals surface area contributed by atoms with E-state index in [1.54, 1.807) is 38.1 Å². The minimum atomic E-state index is -3.68. The molecule has 0 bridgehead atoms. The van der Waals surface area contributed by atoms with E-state index in [1.807, 2.05) is 6.92 Å². The van der Waals surface area contributed by atoms with Crippen LogP contribution in [-0.4, -0.2) is 46.2 Å². The van der Waals surface area contributed by atoms with E-state index >= 15 is 0 Å². The topological polar surface area (TPSA) is 106 Å². The summed E-state index contributed by atoms with van der Waals surface area (Å²) in [5.74, 6) is 0.621. The van der Waals surface area contributed by atoms with Gasteiger partial charge in [0.2, 0.25) is 5.89 Å². The molecule has 2 aromatic heterocycles. The van der Waals surface area contributed by atoms with Crippen molar-refractivity contribution >= 4 is 10.2 Å². The van der Waals surface area contributed by atoms with E-state index in [9.17, 15) is 8.42 Å². The van der Waals surface area contributed by atoms with Crippen molar-refractivity contribution < 1.29 is 12.9 Å². The smallest absolute Gasteiger partial charge is 0.280 e. The number of aromatic nitrogens is 4. The molecule has 128 valence electrons. The molecule has 9 nitrogen and oxygen atoms in total. The summed E-state index contributed by atoms with van der Waals surface area (Å²) in [7, 11) is -0.390. The van der Waals surface area contributed by atoms with Gasteiger partial charge in [0.05, 0.1) is 6.20 Å². The first-order chi connectivity index (χ1) is 10.8. The fraction of sp³-hybridized carbons (Fsp3) is 0.615. The highest BCUT2D eigenvalue weighted by Gasteiger charge is 2.28. The van der Waals surface area contributed by atoms with Gasteiger partial charge in [-0.15, -0.1) is 0 Å². The molecule has 0 aliphatic rings. The van der Waals surface area contributed by atoms with Gasteiger partial charge >= 0.3 is 0 Å². The Morgan fingerprint density at radius 1 is 1.48 bits per heavy atom. The highest BCUT2D eigenvalue weighted by atomic mass is 32.2. The van der Waals surface area contributed by atoms with E-state index in [0.717, 1.165) is 12.8 Å². The maximum atomic E-state index is 12.5. The number of hydrogen-bond acceptors (Lipinski definition) is 6. The van der Waals surface area contributed by atoms with Crippen LogP contribution in [0.3, 0.4) is 0 Å². The molecule has 0 fully saturated rings.